The van der Waals surface area contributed by atoms with Crippen LogP contribution in [0.4, 0.5) is 0 Å². The van der Waals surface area contributed by atoms with Gasteiger partial charge in [-0.2, -0.15) is 0 Å². The van der Waals surface area contributed by atoms with Crippen molar-refractivity contribution in [1.82, 2.24) is 9.47 Å². The Labute approximate surface area is 223 Å². The number of aryl methyl sites for hydroxylation is 2. The van der Waals surface area contributed by atoms with Crippen LogP contribution < -0.4 is 0 Å². The maximum absolute atomic E-state index is 12.9. The molecule has 0 N–H and O–H groups in total. The number of hydrogen-bond donors (Lipinski definition) is 0. The zero-order valence-corrected chi connectivity index (χ0v) is 24.6. The maximum atomic E-state index is 12.9. The Morgan fingerprint density at radius 2 is 1.11 bits per heavy atom. The van der Waals surface area contributed by atoms with Crippen LogP contribution in [-0.2, 0) is 11.3 Å². The fourth-order valence-corrected chi connectivity index (χ4v) is 5.22. The van der Waals surface area contributed by atoms with Crippen molar-refractivity contribution in [3.63, 3.8) is 0 Å². The number of unbranched alkanes of at least 4 members (excludes halogenated alkanes) is 16. The van der Waals surface area contributed by atoms with E-state index < -0.39 is 0 Å². The highest BCUT2D eigenvalue weighted by molar-refractivity contribution is 5.98. The molecule has 0 fully saturated rings. The maximum Gasteiger partial charge on any atom is 0.222 e. The first-order valence-electron chi connectivity index (χ1n) is 15.3. The summed E-state index contributed by atoms with van der Waals surface area (Å²) >= 11 is 0. The average molecular weight is 503 g/mol. The van der Waals surface area contributed by atoms with E-state index in [2.05, 4.69) is 31.5 Å². The molecule has 1 amide bonds. The third-order valence-corrected chi connectivity index (χ3v) is 7.61. The first kappa shape index (κ1) is 32.4. The Morgan fingerprint density at radius 3 is 1.61 bits per heavy atom. The summed E-state index contributed by atoms with van der Waals surface area (Å²) < 4.78 is 2.24. The van der Waals surface area contributed by atoms with E-state index in [-0.39, 0.29) is 5.91 Å². The van der Waals surface area contributed by atoms with Crippen LogP contribution in [0, 0.1) is 13.8 Å². The number of Topliss-reactive ketones (excluding diaryl/α,β-unsaturated/α-hetero) is 1. The Kier molecular flexibility index (Phi) is 18.5. The molecule has 4 nitrogen and oxygen atoms in total. The largest absolute Gasteiger partial charge is 0.351 e. The molecule has 208 valence electrons. The number of carbonyl (C=O) groups is 2. The first-order chi connectivity index (χ1) is 17.4. The second kappa shape index (κ2) is 20.5. The number of rotatable bonds is 23. The fourth-order valence-electron chi connectivity index (χ4n) is 5.22. The summed E-state index contributed by atoms with van der Waals surface area (Å²) in [6.07, 6.45) is 26.7. The lowest BCUT2D eigenvalue weighted by atomic mass is 10.0. The van der Waals surface area contributed by atoms with E-state index in [0.717, 1.165) is 49.0 Å². The van der Waals surface area contributed by atoms with Crippen molar-refractivity contribution in [1.29, 1.82) is 0 Å². The average Bonchev–Trinajstić information content (AvgIpc) is 3.13. The second-order valence-corrected chi connectivity index (χ2v) is 11.2. The summed E-state index contributed by atoms with van der Waals surface area (Å²) in [5.41, 5.74) is 3.17. The minimum atomic E-state index is 0.203. The molecule has 0 saturated heterocycles. The molecule has 1 rings (SSSR count). The van der Waals surface area contributed by atoms with E-state index in [0.29, 0.717) is 18.6 Å². The van der Waals surface area contributed by atoms with Gasteiger partial charge in [0, 0.05) is 50.9 Å². The molecule has 0 spiro atoms. The summed E-state index contributed by atoms with van der Waals surface area (Å²) in [6, 6.07) is 0. The smallest absolute Gasteiger partial charge is 0.222 e. The molecule has 0 unspecified atom stereocenters. The summed E-state index contributed by atoms with van der Waals surface area (Å²) in [7, 11) is 3.62. The normalized spacial score (nSPS) is 11.2. The summed E-state index contributed by atoms with van der Waals surface area (Å²) in [6.45, 7) is 7.36. The zero-order chi connectivity index (χ0) is 26.6. The van der Waals surface area contributed by atoms with Gasteiger partial charge in [-0.1, -0.05) is 103 Å². The predicted molar refractivity (Wildman–Crippen MR) is 155 cm³/mol. The van der Waals surface area contributed by atoms with Crippen LogP contribution in [0.5, 0.6) is 0 Å². The Balaban J connectivity index is 2.10. The van der Waals surface area contributed by atoms with Crippen molar-refractivity contribution in [2.24, 2.45) is 0 Å². The van der Waals surface area contributed by atoms with Gasteiger partial charge in [0.05, 0.1) is 0 Å². The van der Waals surface area contributed by atoms with Crippen molar-refractivity contribution < 1.29 is 9.59 Å². The van der Waals surface area contributed by atoms with Crippen molar-refractivity contribution in [2.45, 2.75) is 156 Å². The highest BCUT2D eigenvalue weighted by Gasteiger charge is 2.16. The number of carbonyl (C=O) groups excluding carboxylic acids is 2. The van der Waals surface area contributed by atoms with Gasteiger partial charge in [0.25, 0.3) is 0 Å². The molecule has 0 saturated carbocycles. The van der Waals surface area contributed by atoms with E-state index in [4.69, 9.17) is 0 Å². The van der Waals surface area contributed by atoms with Crippen LogP contribution in [0.25, 0.3) is 0 Å². The molecule has 0 aliphatic heterocycles. The van der Waals surface area contributed by atoms with Crippen molar-refractivity contribution in [3.05, 3.63) is 23.0 Å². The third-order valence-electron chi connectivity index (χ3n) is 7.61. The van der Waals surface area contributed by atoms with Crippen LogP contribution in [0.3, 0.4) is 0 Å². The SMILES string of the molecule is CCCCCCCCCCCCCCCCCC(=O)c1c(C)cn(CCCCCC(=O)N(C)C)c1C. The molecule has 1 aromatic heterocycles. The highest BCUT2D eigenvalue weighted by atomic mass is 16.2. The van der Waals surface area contributed by atoms with Gasteiger partial charge in [0.2, 0.25) is 5.91 Å². The molecule has 0 aromatic carbocycles. The molecule has 1 aromatic rings. The quantitative estimate of drug-likeness (QED) is 0.110. The van der Waals surface area contributed by atoms with Gasteiger partial charge in [0.15, 0.2) is 5.78 Å². The molecule has 0 aliphatic carbocycles. The lowest BCUT2D eigenvalue weighted by Crippen LogP contribution is -2.21. The van der Waals surface area contributed by atoms with E-state index in [1.807, 2.05) is 14.1 Å². The molecular formula is C32H58N2O2. The summed E-state index contributed by atoms with van der Waals surface area (Å²) in [4.78, 5) is 26.2. The van der Waals surface area contributed by atoms with Crippen LogP contribution in [0.15, 0.2) is 6.20 Å². The topological polar surface area (TPSA) is 42.3 Å². The third kappa shape index (κ3) is 14.2. The number of amides is 1. The monoisotopic (exact) mass is 502 g/mol. The lowest BCUT2D eigenvalue weighted by molar-refractivity contribution is -0.128. The van der Waals surface area contributed by atoms with Crippen LogP contribution in [0.1, 0.15) is 157 Å². The number of hydrogen-bond acceptors (Lipinski definition) is 2. The standard InChI is InChI=1S/C32H58N2O2/c1-6-7-8-9-10-11-12-13-14-15-16-17-18-19-21-24-30(35)32-28(2)27-34(29(32)3)26-23-20-22-25-31(36)33(4)5/h27H,6-26H2,1-5H3. The minimum Gasteiger partial charge on any atom is -0.351 e. The lowest BCUT2D eigenvalue weighted by Gasteiger charge is -2.10. The molecule has 1 heterocycles. The van der Waals surface area contributed by atoms with Crippen LogP contribution in [-0.4, -0.2) is 35.3 Å². The number of nitrogens with zero attached hydrogens (tertiary/aromatic N) is 2. The Morgan fingerprint density at radius 1 is 0.667 bits per heavy atom. The van der Waals surface area contributed by atoms with E-state index in [9.17, 15) is 9.59 Å². The molecular weight excluding hydrogens is 444 g/mol. The molecule has 0 aliphatic rings. The first-order valence-corrected chi connectivity index (χ1v) is 15.3. The highest BCUT2D eigenvalue weighted by Crippen LogP contribution is 2.21. The van der Waals surface area contributed by atoms with E-state index >= 15 is 0 Å². The second-order valence-electron chi connectivity index (χ2n) is 11.2. The van der Waals surface area contributed by atoms with Crippen molar-refractivity contribution in [3.8, 4) is 0 Å². The van der Waals surface area contributed by atoms with Gasteiger partial charge in [-0.3, -0.25) is 9.59 Å². The van der Waals surface area contributed by atoms with E-state index in [1.165, 1.54) is 89.9 Å². The molecule has 0 atom stereocenters. The van der Waals surface area contributed by atoms with Gasteiger partial charge < -0.3 is 9.47 Å². The minimum absolute atomic E-state index is 0.203. The Bertz CT molecular complexity index is 720. The Hall–Kier alpha value is -1.58. The zero-order valence-electron chi connectivity index (χ0n) is 24.6. The van der Waals surface area contributed by atoms with E-state index in [1.54, 1.807) is 4.90 Å². The van der Waals surface area contributed by atoms with Crippen LogP contribution >= 0.6 is 0 Å². The molecule has 36 heavy (non-hydrogen) atoms. The van der Waals surface area contributed by atoms with Crippen molar-refractivity contribution >= 4 is 11.7 Å². The van der Waals surface area contributed by atoms with Crippen molar-refractivity contribution in [2.75, 3.05) is 14.1 Å². The summed E-state index contributed by atoms with van der Waals surface area (Å²) in [5, 5.41) is 0. The van der Waals surface area contributed by atoms with Gasteiger partial charge in [-0.05, 0) is 38.7 Å². The van der Waals surface area contributed by atoms with Gasteiger partial charge >= 0.3 is 0 Å². The molecule has 0 bridgehead atoms. The number of aromatic nitrogens is 1. The van der Waals surface area contributed by atoms with Gasteiger partial charge in [0.1, 0.15) is 0 Å². The fraction of sp³-hybridized carbons (Fsp3) is 0.812. The summed E-state index contributed by atoms with van der Waals surface area (Å²) in [5.74, 6) is 0.518. The van der Waals surface area contributed by atoms with Crippen LogP contribution in [0.2, 0.25) is 0 Å². The number of ketones is 1. The molecule has 0 radical (unpaired) electrons. The van der Waals surface area contributed by atoms with Gasteiger partial charge in [-0.15, -0.1) is 0 Å². The van der Waals surface area contributed by atoms with Gasteiger partial charge in [-0.25, -0.2) is 0 Å². The molecule has 4 heteroatoms. The predicted octanol–water partition coefficient (Wildman–Crippen LogP) is 9.20.